The van der Waals surface area contributed by atoms with Crippen molar-refractivity contribution in [3.8, 4) is 0 Å². The van der Waals surface area contributed by atoms with Crippen molar-refractivity contribution in [1.82, 2.24) is 0 Å². The molecule has 4 N–H and O–H groups in total. The number of guanidine groups is 2. The zero-order valence-corrected chi connectivity index (χ0v) is 13.7. The van der Waals surface area contributed by atoms with Gasteiger partial charge in [0.2, 0.25) is 11.9 Å². The molecule has 22 heavy (non-hydrogen) atoms. The Morgan fingerprint density at radius 2 is 1.59 bits per heavy atom. The Balaban J connectivity index is 2.14. The summed E-state index contributed by atoms with van der Waals surface area (Å²) in [6, 6.07) is 4.40. The third-order valence-corrected chi connectivity index (χ3v) is 4.90. The van der Waals surface area contributed by atoms with E-state index in [4.69, 9.17) is 16.5 Å². The van der Waals surface area contributed by atoms with Crippen LogP contribution in [0.3, 0.4) is 0 Å². The maximum absolute atomic E-state index is 6.28. The number of hydrogen-bond acceptors (Lipinski definition) is 5. The molecule has 1 heterocycles. The summed E-state index contributed by atoms with van der Waals surface area (Å²) in [4.78, 5) is 11.1. The Labute approximate surface area is 132 Å². The van der Waals surface area contributed by atoms with Gasteiger partial charge in [0.25, 0.3) is 0 Å². The van der Waals surface area contributed by atoms with Crippen LogP contribution in [0.4, 0.5) is 5.69 Å². The Bertz CT molecular complexity index is 653. The number of nitrogens with two attached hydrogens (primary N) is 2. The maximum atomic E-state index is 6.28. The van der Waals surface area contributed by atoms with Gasteiger partial charge in [-0.15, -0.1) is 0 Å². The number of aryl methyl sites for hydroxylation is 3. The molecule has 0 unspecified atom stereocenters. The molecule has 1 saturated carbocycles. The summed E-state index contributed by atoms with van der Waals surface area (Å²) in [6.07, 6.45) is 5.47. The number of aliphatic imine (C=N–C) groups is 2. The van der Waals surface area contributed by atoms with Crippen molar-refractivity contribution in [2.75, 3.05) is 4.90 Å². The number of nitrogens with zero attached hydrogens (tertiary/aromatic N) is 3. The monoisotopic (exact) mass is 299 g/mol. The summed E-state index contributed by atoms with van der Waals surface area (Å²) in [5.74, 6) is 0.762. The van der Waals surface area contributed by atoms with Crippen molar-refractivity contribution < 1.29 is 0 Å². The van der Waals surface area contributed by atoms with Gasteiger partial charge in [-0.05, 0) is 69.2 Å². The molecular formula is C17H25N5. The first-order valence-electron chi connectivity index (χ1n) is 8.00. The predicted octanol–water partition coefficient (Wildman–Crippen LogP) is 2.72. The van der Waals surface area contributed by atoms with E-state index in [0.29, 0.717) is 11.9 Å². The lowest BCUT2D eigenvalue weighted by atomic mass is 9.86. The van der Waals surface area contributed by atoms with Crippen molar-refractivity contribution in [2.45, 2.75) is 58.5 Å². The minimum atomic E-state index is -0.360. The molecule has 1 aromatic carbocycles. The fourth-order valence-electron chi connectivity index (χ4n) is 3.66. The molecule has 5 heteroatoms. The van der Waals surface area contributed by atoms with Gasteiger partial charge in [0.15, 0.2) is 0 Å². The third kappa shape index (κ3) is 2.34. The molecular weight excluding hydrogens is 274 g/mol. The maximum Gasteiger partial charge on any atom is 0.220 e. The number of anilines is 1. The van der Waals surface area contributed by atoms with Crippen LogP contribution >= 0.6 is 0 Å². The molecule has 0 amide bonds. The lowest BCUT2D eigenvalue weighted by Crippen LogP contribution is -2.58. The summed E-state index contributed by atoms with van der Waals surface area (Å²) in [7, 11) is 0. The van der Waals surface area contributed by atoms with E-state index >= 15 is 0 Å². The van der Waals surface area contributed by atoms with Crippen LogP contribution in [-0.4, -0.2) is 17.6 Å². The molecule has 1 aliphatic heterocycles. The summed E-state index contributed by atoms with van der Waals surface area (Å²) < 4.78 is 0. The van der Waals surface area contributed by atoms with Crippen molar-refractivity contribution in [3.63, 3.8) is 0 Å². The molecule has 1 aromatic rings. The van der Waals surface area contributed by atoms with Crippen LogP contribution in [0.5, 0.6) is 0 Å². The van der Waals surface area contributed by atoms with Gasteiger partial charge in [-0.2, -0.15) is 4.99 Å². The highest BCUT2D eigenvalue weighted by Crippen LogP contribution is 2.40. The number of benzene rings is 1. The zero-order valence-electron chi connectivity index (χ0n) is 13.7. The lowest BCUT2D eigenvalue weighted by Gasteiger charge is -2.46. The molecule has 1 spiro atoms. The first-order chi connectivity index (χ1) is 10.4. The Morgan fingerprint density at radius 3 is 2.27 bits per heavy atom. The largest absolute Gasteiger partial charge is 0.369 e. The van der Waals surface area contributed by atoms with Crippen LogP contribution in [0, 0.1) is 20.8 Å². The molecule has 0 aromatic heterocycles. The van der Waals surface area contributed by atoms with E-state index in [1.807, 2.05) is 0 Å². The molecule has 0 radical (unpaired) electrons. The standard InChI is InChI=1S/C17H25N5/c1-11-9-13(3)14(10-12(11)2)22-16(19)20-15(18)21-17(22)7-5-4-6-8-17/h9-10H,4-8H2,1-3H3,(H4,18,19,20,21). The van der Waals surface area contributed by atoms with Crippen LogP contribution in [-0.2, 0) is 0 Å². The van der Waals surface area contributed by atoms with Gasteiger partial charge >= 0.3 is 0 Å². The summed E-state index contributed by atoms with van der Waals surface area (Å²) in [6.45, 7) is 6.38. The third-order valence-electron chi connectivity index (χ3n) is 4.90. The molecule has 2 aliphatic rings. The SMILES string of the molecule is Cc1cc(C)c(N2C(N)=NC(N)=NC23CCCCC3)cc1C. The van der Waals surface area contributed by atoms with E-state index in [1.54, 1.807) is 0 Å². The van der Waals surface area contributed by atoms with Crippen molar-refractivity contribution in [1.29, 1.82) is 0 Å². The lowest BCUT2D eigenvalue weighted by molar-refractivity contribution is 0.305. The molecule has 0 bridgehead atoms. The summed E-state index contributed by atoms with van der Waals surface area (Å²) in [5, 5.41) is 0. The van der Waals surface area contributed by atoms with Gasteiger partial charge in [-0.3, -0.25) is 4.90 Å². The predicted molar refractivity (Wildman–Crippen MR) is 92.2 cm³/mol. The average molecular weight is 299 g/mol. The Kier molecular flexibility index (Phi) is 3.59. The zero-order chi connectivity index (χ0) is 15.9. The number of hydrogen-bond donors (Lipinski definition) is 2. The van der Waals surface area contributed by atoms with Crippen LogP contribution < -0.4 is 16.4 Å². The van der Waals surface area contributed by atoms with Gasteiger partial charge < -0.3 is 11.5 Å². The van der Waals surface area contributed by atoms with E-state index < -0.39 is 0 Å². The van der Waals surface area contributed by atoms with Gasteiger partial charge in [0.05, 0.1) is 0 Å². The summed E-state index contributed by atoms with van der Waals surface area (Å²) >= 11 is 0. The van der Waals surface area contributed by atoms with Crippen molar-refractivity contribution in [2.24, 2.45) is 21.5 Å². The minimum absolute atomic E-state index is 0.303. The molecule has 1 aliphatic carbocycles. The highest BCUT2D eigenvalue weighted by Gasteiger charge is 2.43. The van der Waals surface area contributed by atoms with Gasteiger partial charge in [0.1, 0.15) is 5.66 Å². The fraction of sp³-hybridized carbons (Fsp3) is 0.529. The normalized spacial score (nSPS) is 20.8. The van der Waals surface area contributed by atoms with E-state index in [0.717, 1.165) is 31.4 Å². The van der Waals surface area contributed by atoms with Gasteiger partial charge in [-0.1, -0.05) is 12.5 Å². The van der Waals surface area contributed by atoms with Crippen LogP contribution in [0.15, 0.2) is 22.1 Å². The topological polar surface area (TPSA) is 80.0 Å². The fourth-order valence-corrected chi connectivity index (χ4v) is 3.66. The molecule has 3 rings (SSSR count). The molecule has 1 fully saturated rings. The highest BCUT2D eigenvalue weighted by atomic mass is 15.4. The van der Waals surface area contributed by atoms with Gasteiger partial charge in [-0.25, -0.2) is 4.99 Å². The smallest absolute Gasteiger partial charge is 0.220 e. The second-order valence-electron chi connectivity index (χ2n) is 6.54. The Hall–Kier alpha value is -2.04. The molecule has 5 nitrogen and oxygen atoms in total. The van der Waals surface area contributed by atoms with Crippen molar-refractivity contribution >= 4 is 17.6 Å². The van der Waals surface area contributed by atoms with Crippen LogP contribution in [0.25, 0.3) is 0 Å². The van der Waals surface area contributed by atoms with Crippen LogP contribution in [0.2, 0.25) is 0 Å². The molecule has 118 valence electrons. The van der Waals surface area contributed by atoms with E-state index in [1.165, 1.54) is 23.1 Å². The van der Waals surface area contributed by atoms with Crippen LogP contribution in [0.1, 0.15) is 48.8 Å². The van der Waals surface area contributed by atoms with E-state index in [2.05, 4.69) is 42.8 Å². The van der Waals surface area contributed by atoms with Crippen molar-refractivity contribution in [3.05, 3.63) is 28.8 Å². The second-order valence-corrected chi connectivity index (χ2v) is 6.54. The average Bonchev–Trinajstić information content (AvgIpc) is 2.44. The van der Waals surface area contributed by atoms with E-state index in [-0.39, 0.29) is 5.66 Å². The van der Waals surface area contributed by atoms with E-state index in [9.17, 15) is 0 Å². The first kappa shape index (κ1) is 14.9. The first-order valence-corrected chi connectivity index (χ1v) is 8.00. The quantitative estimate of drug-likeness (QED) is 0.836. The summed E-state index contributed by atoms with van der Waals surface area (Å²) in [5.41, 5.74) is 16.7. The number of rotatable bonds is 1. The molecule has 0 atom stereocenters. The van der Waals surface area contributed by atoms with Gasteiger partial charge in [0, 0.05) is 5.69 Å². The molecule has 0 saturated heterocycles. The minimum Gasteiger partial charge on any atom is -0.369 e. The highest BCUT2D eigenvalue weighted by molar-refractivity contribution is 6.06. The second kappa shape index (κ2) is 5.30. The Morgan fingerprint density at radius 1 is 0.955 bits per heavy atom.